The lowest BCUT2D eigenvalue weighted by Crippen LogP contribution is -2.51. The minimum atomic E-state index is -0.821. The maximum atomic E-state index is 13.9. The number of aliphatic hydroxyl groups is 1. The molecule has 0 spiro atoms. The van der Waals surface area contributed by atoms with Crippen molar-refractivity contribution in [1.29, 1.82) is 0 Å². The fourth-order valence-electron chi connectivity index (χ4n) is 3.52. The lowest BCUT2D eigenvalue weighted by atomic mass is 10.00. The van der Waals surface area contributed by atoms with Crippen LogP contribution in [0.25, 0.3) is 0 Å². The van der Waals surface area contributed by atoms with Gasteiger partial charge in [-0.1, -0.05) is 12.1 Å². The van der Waals surface area contributed by atoms with Crippen LogP contribution in [0, 0.1) is 12.7 Å². The van der Waals surface area contributed by atoms with Gasteiger partial charge < -0.3 is 15.3 Å². The fourth-order valence-corrected chi connectivity index (χ4v) is 3.52. The summed E-state index contributed by atoms with van der Waals surface area (Å²) in [7, 11) is 0. The number of nitrogens with one attached hydrogen (secondary N) is 1. The molecule has 0 radical (unpaired) electrons. The average Bonchev–Trinajstić information content (AvgIpc) is 2.75. The topological polar surface area (TPSA) is 69.6 Å². The molecule has 2 aliphatic heterocycles. The van der Waals surface area contributed by atoms with Crippen LogP contribution in [0.2, 0.25) is 0 Å². The quantitative estimate of drug-likeness (QED) is 0.774. The molecule has 0 aliphatic carbocycles. The molecule has 5 nitrogen and oxygen atoms in total. The Hall–Kier alpha value is -1.95. The Morgan fingerprint density at radius 1 is 1.27 bits per heavy atom. The molecule has 1 aromatic rings. The molecule has 2 amide bonds. The first-order chi connectivity index (χ1) is 10.5. The molecule has 2 saturated heterocycles. The predicted octanol–water partition coefficient (Wildman–Crippen LogP) is 1.59. The summed E-state index contributed by atoms with van der Waals surface area (Å²) in [4.78, 5) is 26.1. The van der Waals surface area contributed by atoms with E-state index < -0.39 is 23.7 Å². The summed E-state index contributed by atoms with van der Waals surface area (Å²) in [6, 6.07) is 4.48. The summed E-state index contributed by atoms with van der Waals surface area (Å²) >= 11 is 0. The molecule has 2 heterocycles. The number of aryl methyl sites for hydroxylation is 1. The predicted molar refractivity (Wildman–Crippen MR) is 78.7 cm³/mol. The number of piperidine rings is 1. The second-order valence-corrected chi connectivity index (χ2v) is 6.11. The second kappa shape index (κ2) is 5.68. The van der Waals surface area contributed by atoms with Crippen LogP contribution in [0.15, 0.2) is 18.2 Å². The van der Waals surface area contributed by atoms with Crippen LogP contribution in [-0.4, -0.2) is 40.0 Å². The third-order valence-corrected chi connectivity index (χ3v) is 4.58. The Bertz CT molecular complexity index is 605. The van der Waals surface area contributed by atoms with Gasteiger partial charge in [0, 0.05) is 12.1 Å². The zero-order chi connectivity index (χ0) is 15.9. The van der Waals surface area contributed by atoms with Gasteiger partial charge in [-0.2, -0.15) is 0 Å². The van der Waals surface area contributed by atoms with Crippen molar-refractivity contribution in [2.45, 2.75) is 50.8 Å². The Kier molecular flexibility index (Phi) is 3.87. The Morgan fingerprint density at radius 3 is 2.55 bits per heavy atom. The van der Waals surface area contributed by atoms with E-state index in [9.17, 15) is 19.1 Å². The van der Waals surface area contributed by atoms with Crippen LogP contribution < -0.4 is 5.32 Å². The van der Waals surface area contributed by atoms with E-state index in [1.807, 2.05) is 0 Å². The third-order valence-electron chi connectivity index (χ3n) is 4.58. The molecule has 1 aromatic carbocycles. The van der Waals surface area contributed by atoms with Gasteiger partial charge in [-0.3, -0.25) is 9.59 Å². The van der Waals surface area contributed by atoms with Crippen LogP contribution in [-0.2, 0) is 9.59 Å². The van der Waals surface area contributed by atoms with Crippen LogP contribution in [0.3, 0.4) is 0 Å². The summed E-state index contributed by atoms with van der Waals surface area (Å²) in [6.07, 6.45) is 2.22. The SMILES string of the molecule is Cc1cccc(NC(=O)C(=O)N2[C@H]3CC[C@H]2CC(O)C3)c1F. The number of fused-ring (bicyclic) bond motifs is 2. The number of hydrogen-bond donors (Lipinski definition) is 2. The Morgan fingerprint density at radius 2 is 1.91 bits per heavy atom. The minimum Gasteiger partial charge on any atom is -0.393 e. The zero-order valence-electron chi connectivity index (χ0n) is 12.4. The van der Waals surface area contributed by atoms with Crippen molar-refractivity contribution in [2.24, 2.45) is 0 Å². The van der Waals surface area contributed by atoms with Gasteiger partial charge in [-0.15, -0.1) is 0 Å². The zero-order valence-corrected chi connectivity index (χ0v) is 12.4. The highest BCUT2D eigenvalue weighted by Gasteiger charge is 2.44. The smallest absolute Gasteiger partial charge is 0.314 e. The van der Waals surface area contributed by atoms with E-state index in [1.54, 1.807) is 24.0 Å². The average molecular weight is 306 g/mol. The van der Waals surface area contributed by atoms with Crippen molar-refractivity contribution in [1.82, 2.24) is 4.90 Å². The number of anilines is 1. The van der Waals surface area contributed by atoms with Crippen molar-refractivity contribution in [2.75, 3.05) is 5.32 Å². The van der Waals surface area contributed by atoms with Crippen molar-refractivity contribution >= 4 is 17.5 Å². The third kappa shape index (κ3) is 2.59. The number of aliphatic hydroxyl groups excluding tert-OH is 1. The van der Waals surface area contributed by atoms with Gasteiger partial charge in [0.15, 0.2) is 0 Å². The van der Waals surface area contributed by atoms with E-state index in [1.165, 1.54) is 6.07 Å². The van der Waals surface area contributed by atoms with Crippen LogP contribution in [0.4, 0.5) is 10.1 Å². The number of carbonyl (C=O) groups is 2. The number of amides is 2. The van der Waals surface area contributed by atoms with E-state index in [0.717, 1.165) is 12.8 Å². The molecule has 2 aliphatic rings. The molecule has 2 N–H and O–H groups in total. The monoisotopic (exact) mass is 306 g/mol. The number of rotatable bonds is 1. The van der Waals surface area contributed by atoms with Gasteiger partial charge in [0.1, 0.15) is 5.82 Å². The lowest BCUT2D eigenvalue weighted by molar-refractivity contribution is -0.147. The van der Waals surface area contributed by atoms with E-state index in [2.05, 4.69) is 5.32 Å². The van der Waals surface area contributed by atoms with Crippen LogP contribution in [0.5, 0.6) is 0 Å². The van der Waals surface area contributed by atoms with Gasteiger partial charge in [0.05, 0.1) is 11.8 Å². The van der Waals surface area contributed by atoms with E-state index in [0.29, 0.717) is 18.4 Å². The molecular formula is C16H19FN2O3. The lowest BCUT2D eigenvalue weighted by Gasteiger charge is -2.36. The molecule has 2 fully saturated rings. The molecular weight excluding hydrogens is 287 g/mol. The van der Waals surface area contributed by atoms with Gasteiger partial charge in [0.25, 0.3) is 0 Å². The van der Waals surface area contributed by atoms with Crippen molar-refractivity contribution in [3.05, 3.63) is 29.6 Å². The van der Waals surface area contributed by atoms with Crippen LogP contribution >= 0.6 is 0 Å². The first-order valence-corrected chi connectivity index (χ1v) is 7.54. The van der Waals surface area contributed by atoms with Crippen molar-refractivity contribution in [3.8, 4) is 0 Å². The standard InChI is InChI=1S/C16H19FN2O3/c1-9-3-2-4-13(14(9)17)18-15(21)16(22)19-10-5-6-11(19)8-12(20)7-10/h2-4,10-12,20H,5-8H2,1H3,(H,18,21)/t10-,11-/m0/s1. The van der Waals surface area contributed by atoms with Gasteiger partial charge in [0.2, 0.25) is 0 Å². The first kappa shape index (κ1) is 15.0. The van der Waals surface area contributed by atoms with Crippen molar-refractivity contribution < 1.29 is 19.1 Å². The summed E-state index contributed by atoms with van der Waals surface area (Å²) in [5.74, 6) is -1.99. The maximum Gasteiger partial charge on any atom is 0.314 e. The summed E-state index contributed by atoms with van der Waals surface area (Å²) < 4.78 is 13.9. The summed E-state index contributed by atoms with van der Waals surface area (Å²) in [5.41, 5.74) is 0.425. The highest BCUT2D eigenvalue weighted by atomic mass is 19.1. The number of benzene rings is 1. The Labute approximate surface area is 128 Å². The molecule has 6 heteroatoms. The molecule has 0 saturated carbocycles. The molecule has 22 heavy (non-hydrogen) atoms. The van der Waals surface area contributed by atoms with E-state index in [4.69, 9.17) is 0 Å². The van der Waals surface area contributed by atoms with Crippen LogP contribution in [0.1, 0.15) is 31.2 Å². The summed E-state index contributed by atoms with van der Waals surface area (Å²) in [6.45, 7) is 1.60. The highest BCUT2D eigenvalue weighted by Crippen LogP contribution is 2.35. The highest BCUT2D eigenvalue weighted by molar-refractivity contribution is 6.39. The number of carbonyl (C=O) groups excluding carboxylic acids is 2. The number of halogens is 1. The van der Waals surface area contributed by atoms with E-state index in [-0.39, 0.29) is 17.8 Å². The second-order valence-electron chi connectivity index (χ2n) is 6.11. The van der Waals surface area contributed by atoms with Crippen molar-refractivity contribution in [3.63, 3.8) is 0 Å². The first-order valence-electron chi connectivity index (χ1n) is 7.54. The molecule has 3 rings (SSSR count). The van der Waals surface area contributed by atoms with Gasteiger partial charge in [-0.25, -0.2) is 4.39 Å². The number of hydrogen-bond acceptors (Lipinski definition) is 3. The van der Waals surface area contributed by atoms with Gasteiger partial charge in [-0.05, 0) is 44.2 Å². The molecule has 0 aromatic heterocycles. The number of nitrogens with zero attached hydrogens (tertiary/aromatic N) is 1. The van der Waals surface area contributed by atoms with Gasteiger partial charge >= 0.3 is 11.8 Å². The van der Waals surface area contributed by atoms with E-state index >= 15 is 0 Å². The Balaban J connectivity index is 1.73. The summed E-state index contributed by atoms with van der Waals surface area (Å²) in [5, 5.41) is 12.1. The maximum absolute atomic E-state index is 13.9. The molecule has 0 unspecified atom stereocenters. The molecule has 2 atom stereocenters. The molecule has 2 bridgehead atoms. The minimum absolute atomic E-state index is 0.0164. The molecule has 118 valence electrons. The normalized spacial score (nSPS) is 26.9. The fraction of sp³-hybridized carbons (Fsp3) is 0.500. The largest absolute Gasteiger partial charge is 0.393 e.